The molecule has 0 saturated heterocycles. The molecule has 0 saturated carbocycles. The van der Waals surface area contributed by atoms with Crippen LogP contribution in [0.15, 0.2) is 60.0 Å². The van der Waals surface area contributed by atoms with Crippen molar-refractivity contribution in [3.8, 4) is 0 Å². The highest BCUT2D eigenvalue weighted by Crippen LogP contribution is 2.22. The van der Waals surface area contributed by atoms with Gasteiger partial charge in [0.1, 0.15) is 0 Å². The fraction of sp³-hybridized carbons (Fsp3) is 0.100. The molecular formula is C20H18N2O2S. The SMILES string of the molecule is Cc1ccc(C(=O)Nc2cc(NC(=O)c3cccs3)ccc2C)cc1. The molecule has 0 unspecified atom stereocenters. The molecule has 3 aromatic rings. The number of benzene rings is 2. The van der Waals surface area contributed by atoms with E-state index in [1.807, 2.05) is 49.6 Å². The van der Waals surface area contributed by atoms with Crippen LogP contribution in [0.2, 0.25) is 0 Å². The summed E-state index contributed by atoms with van der Waals surface area (Å²) in [5.74, 6) is -0.334. The molecular weight excluding hydrogens is 332 g/mol. The van der Waals surface area contributed by atoms with Crippen molar-refractivity contribution in [3.05, 3.63) is 81.5 Å². The Morgan fingerprint density at radius 2 is 1.64 bits per heavy atom. The van der Waals surface area contributed by atoms with Crippen LogP contribution < -0.4 is 10.6 Å². The first-order valence-electron chi connectivity index (χ1n) is 7.86. The second-order valence-corrected chi connectivity index (χ2v) is 6.73. The van der Waals surface area contributed by atoms with E-state index in [9.17, 15) is 9.59 Å². The molecule has 0 radical (unpaired) electrons. The maximum atomic E-state index is 12.4. The number of anilines is 2. The van der Waals surface area contributed by atoms with Crippen LogP contribution in [0.4, 0.5) is 11.4 Å². The van der Waals surface area contributed by atoms with Gasteiger partial charge in [-0.15, -0.1) is 11.3 Å². The number of hydrogen-bond donors (Lipinski definition) is 2. The first kappa shape index (κ1) is 16.9. The van der Waals surface area contributed by atoms with Crippen LogP contribution in [0.3, 0.4) is 0 Å². The lowest BCUT2D eigenvalue weighted by molar-refractivity contribution is 0.102. The van der Waals surface area contributed by atoms with E-state index in [1.54, 1.807) is 24.3 Å². The van der Waals surface area contributed by atoms with E-state index >= 15 is 0 Å². The zero-order valence-electron chi connectivity index (χ0n) is 14.0. The number of hydrogen-bond acceptors (Lipinski definition) is 3. The molecule has 0 atom stereocenters. The number of amides is 2. The summed E-state index contributed by atoms with van der Waals surface area (Å²) in [5, 5.41) is 7.62. The summed E-state index contributed by atoms with van der Waals surface area (Å²) in [6.07, 6.45) is 0. The number of carbonyl (C=O) groups is 2. The van der Waals surface area contributed by atoms with Crippen molar-refractivity contribution in [3.63, 3.8) is 0 Å². The Kier molecular flexibility index (Phi) is 4.95. The fourth-order valence-corrected chi connectivity index (χ4v) is 2.95. The van der Waals surface area contributed by atoms with Gasteiger partial charge < -0.3 is 10.6 Å². The Balaban J connectivity index is 1.76. The standard InChI is InChI=1S/C20H18N2O2S/c1-13-5-8-15(9-6-13)19(23)22-17-12-16(10-7-14(17)2)21-20(24)18-4-3-11-25-18/h3-12H,1-2H3,(H,21,24)(H,22,23). The maximum absolute atomic E-state index is 12.4. The van der Waals surface area contributed by atoms with Crippen LogP contribution in [-0.4, -0.2) is 11.8 Å². The summed E-state index contributed by atoms with van der Waals surface area (Å²) >= 11 is 1.38. The zero-order valence-corrected chi connectivity index (χ0v) is 14.8. The highest BCUT2D eigenvalue weighted by atomic mass is 32.1. The van der Waals surface area contributed by atoms with Crippen LogP contribution >= 0.6 is 11.3 Å². The van der Waals surface area contributed by atoms with Gasteiger partial charge in [0.05, 0.1) is 4.88 Å². The molecule has 3 rings (SSSR count). The fourth-order valence-electron chi connectivity index (χ4n) is 2.33. The molecule has 5 heteroatoms. The van der Waals surface area contributed by atoms with E-state index in [2.05, 4.69) is 10.6 Å². The van der Waals surface area contributed by atoms with Gasteiger partial charge in [0, 0.05) is 16.9 Å². The van der Waals surface area contributed by atoms with Gasteiger partial charge in [-0.2, -0.15) is 0 Å². The summed E-state index contributed by atoms with van der Waals surface area (Å²) in [7, 11) is 0. The molecule has 2 amide bonds. The molecule has 126 valence electrons. The summed E-state index contributed by atoms with van der Waals surface area (Å²) in [6.45, 7) is 3.89. The smallest absolute Gasteiger partial charge is 0.265 e. The van der Waals surface area contributed by atoms with Crippen LogP contribution in [0, 0.1) is 13.8 Å². The van der Waals surface area contributed by atoms with Gasteiger partial charge in [-0.05, 0) is 55.1 Å². The predicted octanol–water partition coefficient (Wildman–Crippen LogP) is 4.87. The van der Waals surface area contributed by atoms with Gasteiger partial charge >= 0.3 is 0 Å². The van der Waals surface area contributed by atoms with E-state index < -0.39 is 0 Å². The van der Waals surface area contributed by atoms with Gasteiger partial charge in [-0.3, -0.25) is 9.59 Å². The van der Waals surface area contributed by atoms with E-state index in [4.69, 9.17) is 0 Å². The minimum absolute atomic E-state index is 0.158. The number of nitrogens with one attached hydrogen (secondary N) is 2. The van der Waals surface area contributed by atoms with Crippen LogP contribution in [0.1, 0.15) is 31.2 Å². The number of carbonyl (C=O) groups excluding carboxylic acids is 2. The van der Waals surface area contributed by atoms with Crippen molar-refractivity contribution in [2.75, 3.05) is 10.6 Å². The van der Waals surface area contributed by atoms with Gasteiger partial charge in [-0.1, -0.05) is 29.8 Å². The molecule has 2 aromatic carbocycles. The molecule has 0 spiro atoms. The lowest BCUT2D eigenvalue weighted by atomic mass is 10.1. The highest BCUT2D eigenvalue weighted by molar-refractivity contribution is 7.12. The molecule has 1 heterocycles. The van der Waals surface area contributed by atoms with Crippen molar-refractivity contribution in [2.45, 2.75) is 13.8 Å². The lowest BCUT2D eigenvalue weighted by Crippen LogP contribution is -2.14. The molecule has 1 aromatic heterocycles. The first-order valence-corrected chi connectivity index (χ1v) is 8.74. The van der Waals surface area contributed by atoms with Crippen molar-refractivity contribution >= 4 is 34.5 Å². The Morgan fingerprint density at radius 3 is 2.32 bits per heavy atom. The molecule has 0 fully saturated rings. The van der Waals surface area contributed by atoms with Gasteiger partial charge in [0.2, 0.25) is 0 Å². The monoisotopic (exact) mass is 350 g/mol. The largest absolute Gasteiger partial charge is 0.322 e. The summed E-state index contributed by atoms with van der Waals surface area (Å²) in [6, 6.07) is 16.5. The third kappa shape index (κ3) is 4.14. The highest BCUT2D eigenvalue weighted by Gasteiger charge is 2.11. The summed E-state index contributed by atoms with van der Waals surface area (Å²) < 4.78 is 0. The third-order valence-corrected chi connectivity index (χ3v) is 4.67. The topological polar surface area (TPSA) is 58.2 Å². The normalized spacial score (nSPS) is 10.3. The van der Waals surface area contributed by atoms with Crippen molar-refractivity contribution in [1.82, 2.24) is 0 Å². The lowest BCUT2D eigenvalue weighted by Gasteiger charge is -2.11. The Labute approximate surface area is 150 Å². The minimum atomic E-state index is -0.176. The van der Waals surface area contributed by atoms with Gasteiger partial charge in [0.15, 0.2) is 0 Å². The van der Waals surface area contributed by atoms with E-state index in [0.717, 1.165) is 11.1 Å². The molecule has 2 N–H and O–H groups in total. The van der Waals surface area contributed by atoms with Crippen molar-refractivity contribution < 1.29 is 9.59 Å². The minimum Gasteiger partial charge on any atom is -0.322 e. The molecule has 0 aliphatic carbocycles. The van der Waals surface area contributed by atoms with E-state index in [0.29, 0.717) is 21.8 Å². The average molecular weight is 350 g/mol. The van der Waals surface area contributed by atoms with Crippen molar-refractivity contribution in [1.29, 1.82) is 0 Å². The molecule has 25 heavy (non-hydrogen) atoms. The van der Waals surface area contributed by atoms with Gasteiger partial charge in [0.25, 0.3) is 11.8 Å². The number of thiophene rings is 1. The average Bonchev–Trinajstić information content (AvgIpc) is 3.13. The van der Waals surface area contributed by atoms with E-state index in [1.165, 1.54) is 11.3 Å². The van der Waals surface area contributed by atoms with Crippen LogP contribution in [0.25, 0.3) is 0 Å². The zero-order chi connectivity index (χ0) is 17.8. The summed E-state index contributed by atoms with van der Waals surface area (Å²) in [4.78, 5) is 25.2. The first-order chi connectivity index (χ1) is 12.0. The second kappa shape index (κ2) is 7.32. The molecule has 0 bridgehead atoms. The number of rotatable bonds is 4. The van der Waals surface area contributed by atoms with Crippen LogP contribution in [-0.2, 0) is 0 Å². The molecule has 4 nitrogen and oxygen atoms in total. The predicted molar refractivity (Wildman–Crippen MR) is 103 cm³/mol. The van der Waals surface area contributed by atoms with Gasteiger partial charge in [-0.25, -0.2) is 0 Å². The Morgan fingerprint density at radius 1 is 0.880 bits per heavy atom. The third-order valence-electron chi connectivity index (χ3n) is 3.80. The molecule has 0 aliphatic heterocycles. The van der Waals surface area contributed by atoms with Crippen molar-refractivity contribution in [2.24, 2.45) is 0 Å². The molecule has 0 aliphatic rings. The quantitative estimate of drug-likeness (QED) is 0.705. The van der Waals surface area contributed by atoms with Crippen LogP contribution in [0.5, 0.6) is 0 Å². The second-order valence-electron chi connectivity index (χ2n) is 5.78. The maximum Gasteiger partial charge on any atom is 0.265 e. The summed E-state index contributed by atoms with van der Waals surface area (Å²) in [5.41, 5.74) is 3.94. The van der Waals surface area contributed by atoms with E-state index in [-0.39, 0.29) is 11.8 Å². The Hall–Kier alpha value is -2.92. The Bertz CT molecular complexity index is 900. The number of aryl methyl sites for hydroxylation is 2.